The molecular formula is C29H30N2O4. The van der Waals surface area contributed by atoms with E-state index in [4.69, 9.17) is 4.74 Å². The van der Waals surface area contributed by atoms with Gasteiger partial charge >= 0.3 is 12.1 Å². The van der Waals surface area contributed by atoms with Crippen molar-refractivity contribution in [1.29, 1.82) is 0 Å². The number of aliphatic carboxylic acids is 1. The van der Waals surface area contributed by atoms with Crippen molar-refractivity contribution in [3.05, 3.63) is 95.6 Å². The molecule has 1 saturated heterocycles. The van der Waals surface area contributed by atoms with Gasteiger partial charge in [-0.2, -0.15) is 0 Å². The molecule has 180 valence electrons. The number of carboxylic acids is 1. The van der Waals surface area contributed by atoms with Crippen molar-refractivity contribution in [1.82, 2.24) is 10.2 Å². The molecule has 3 aromatic carbocycles. The largest absolute Gasteiger partial charge is 0.480 e. The number of nitrogens with zero attached hydrogens (tertiary/aromatic N) is 1. The van der Waals surface area contributed by atoms with Crippen LogP contribution in [0.3, 0.4) is 0 Å². The second-order valence-corrected chi connectivity index (χ2v) is 9.35. The van der Waals surface area contributed by atoms with E-state index in [-0.39, 0.29) is 19.1 Å². The van der Waals surface area contributed by atoms with Crippen LogP contribution in [0.2, 0.25) is 0 Å². The number of nitrogens with one attached hydrogen (secondary N) is 1. The Morgan fingerprint density at radius 1 is 0.886 bits per heavy atom. The van der Waals surface area contributed by atoms with Crippen LogP contribution in [0.4, 0.5) is 4.79 Å². The zero-order chi connectivity index (χ0) is 24.2. The van der Waals surface area contributed by atoms with E-state index in [2.05, 4.69) is 58.7 Å². The Kier molecular flexibility index (Phi) is 6.82. The highest BCUT2D eigenvalue weighted by Gasteiger charge is 2.31. The van der Waals surface area contributed by atoms with E-state index in [1.165, 1.54) is 5.56 Å². The molecule has 1 aliphatic carbocycles. The molecule has 5 rings (SSSR count). The van der Waals surface area contributed by atoms with Crippen LogP contribution in [0.25, 0.3) is 11.1 Å². The highest BCUT2D eigenvalue weighted by Crippen LogP contribution is 2.44. The summed E-state index contributed by atoms with van der Waals surface area (Å²) in [7, 11) is 0. The maximum absolute atomic E-state index is 12.6. The van der Waals surface area contributed by atoms with Crippen molar-refractivity contribution in [2.24, 2.45) is 0 Å². The van der Waals surface area contributed by atoms with Crippen LogP contribution in [0.15, 0.2) is 78.9 Å². The highest BCUT2D eigenvalue weighted by atomic mass is 16.5. The van der Waals surface area contributed by atoms with E-state index in [0.717, 1.165) is 48.2 Å². The Balaban J connectivity index is 1.16. The monoisotopic (exact) mass is 470 g/mol. The van der Waals surface area contributed by atoms with E-state index in [1.54, 1.807) is 0 Å². The maximum atomic E-state index is 12.6. The summed E-state index contributed by atoms with van der Waals surface area (Å²) in [6.45, 7) is 2.03. The van der Waals surface area contributed by atoms with Gasteiger partial charge in [-0.15, -0.1) is 0 Å². The molecule has 3 aromatic rings. The average molecular weight is 471 g/mol. The van der Waals surface area contributed by atoms with E-state index in [0.29, 0.717) is 5.92 Å². The first-order valence-corrected chi connectivity index (χ1v) is 12.2. The van der Waals surface area contributed by atoms with Crippen molar-refractivity contribution < 1.29 is 19.4 Å². The SMILES string of the molecule is O=C(N[C@H](CN1CCC(c2ccccc2)CC1)C(=O)O)OCC1c2ccccc2-c2ccccc21. The number of hydrogen-bond donors (Lipinski definition) is 2. The summed E-state index contributed by atoms with van der Waals surface area (Å²) in [5.74, 6) is -0.622. The van der Waals surface area contributed by atoms with Gasteiger partial charge in [-0.3, -0.25) is 0 Å². The molecule has 1 heterocycles. The molecule has 1 atom stereocenters. The molecule has 0 radical (unpaired) electrons. The van der Waals surface area contributed by atoms with Gasteiger partial charge in [-0.05, 0) is 59.7 Å². The number of ether oxygens (including phenoxy) is 1. The summed E-state index contributed by atoms with van der Waals surface area (Å²) < 4.78 is 5.55. The molecule has 2 N–H and O–H groups in total. The Labute approximate surface area is 205 Å². The zero-order valence-electron chi connectivity index (χ0n) is 19.6. The quantitative estimate of drug-likeness (QED) is 0.516. The van der Waals surface area contributed by atoms with Crippen LogP contribution in [0, 0.1) is 0 Å². The number of fused-ring (bicyclic) bond motifs is 3. The zero-order valence-corrected chi connectivity index (χ0v) is 19.6. The van der Waals surface area contributed by atoms with Crippen LogP contribution in [0.5, 0.6) is 0 Å². The Morgan fingerprint density at radius 3 is 2.06 bits per heavy atom. The van der Waals surface area contributed by atoms with Gasteiger partial charge in [0.05, 0.1) is 0 Å². The Bertz CT molecular complexity index is 1140. The minimum absolute atomic E-state index is 0.0616. The van der Waals surface area contributed by atoms with Crippen molar-refractivity contribution in [3.8, 4) is 11.1 Å². The van der Waals surface area contributed by atoms with Gasteiger partial charge in [0.15, 0.2) is 0 Å². The minimum Gasteiger partial charge on any atom is -0.480 e. The number of rotatable bonds is 7. The summed E-state index contributed by atoms with van der Waals surface area (Å²) in [4.78, 5) is 26.6. The van der Waals surface area contributed by atoms with Crippen LogP contribution < -0.4 is 5.32 Å². The summed E-state index contributed by atoms with van der Waals surface area (Å²) in [6.07, 6.45) is 1.25. The molecule has 1 amide bonds. The van der Waals surface area contributed by atoms with Gasteiger partial charge in [0.25, 0.3) is 0 Å². The second-order valence-electron chi connectivity index (χ2n) is 9.35. The molecule has 0 saturated carbocycles. The van der Waals surface area contributed by atoms with Crippen molar-refractivity contribution >= 4 is 12.1 Å². The third-order valence-electron chi connectivity index (χ3n) is 7.23. The van der Waals surface area contributed by atoms with E-state index in [9.17, 15) is 14.7 Å². The smallest absolute Gasteiger partial charge is 0.407 e. The second kappa shape index (κ2) is 10.3. The first-order chi connectivity index (χ1) is 17.1. The van der Waals surface area contributed by atoms with E-state index < -0.39 is 18.1 Å². The number of alkyl carbamates (subject to hydrolysis) is 1. The third-order valence-corrected chi connectivity index (χ3v) is 7.23. The molecule has 35 heavy (non-hydrogen) atoms. The topological polar surface area (TPSA) is 78.9 Å². The summed E-state index contributed by atoms with van der Waals surface area (Å²) in [6, 6.07) is 25.7. The number of carbonyl (C=O) groups is 2. The molecule has 0 aromatic heterocycles. The van der Waals surface area contributed by atoms with Crippen molar-refractivity contribution in [3.63, 3.8) is 0 Å². The number of amides is 1. The lowest BCUT2D eigenvalue weighted by molar-refractivity contribution is -0.140. The summed E-state index contributed by atoms with van der Waals surface area (Å²) >= 11 is 0. The highest BCUT2D eigenvalue weighted by molar-refractivity contribution is 5.81. The molecule has 0 spiro atoms. The van der Waals surface area contributed by atoms with Gasteiger partial charge in [0.1, 0.15) is 12.6 Å². The predicted molar refractivity (Wildman–Crippen MR) is 134 cm³/mol. The molecule has 2 aliphatic rings. The van der Waals surface area contributed by atoms with Crippen LogP contribution in [-0.4, -0.2) is 54.4 Å². The standard InChI is InChI=1S/C29H30N2O4/c32-28(33)27(18-31-16-14-21(15-17-31)20-8-2-1-3-9-20)30-29(34)35-19-26-24-12-6-4-10-22(24)23-11-5-7-13-25(23)26/h1-13,21,26-27H,14-19H2,(H,30,34)(H,32,33)/t27-/m1/s1. The van der Waals surface area contributed by atoms with Gasteiger partial charge in [0, 0.05) is 12.5 Å². The predicted octanol–water partition coefficient (Wildman–Crippen LogP) is 4.86. The fourth-order valence-electron chi connectivity index (χ4n) is 5.40. The average Bonchev–Trinajstić information content (AvgIpc) is 3.21. The number of hydrogen-bond acceptors (Lipinski definition) is 4. The number of carboxylic acid groups (broad SMARTS) is 1. The van der Waals surface area contributed by atoms with Gasteiger partial charge in [0.2, 0.25) is 0 Å². The molecule has 0 bridgehead atoms. The lowest BCUT2D eigenvalue weighted by Crippen LogP contribution is -2.50. The number of piperidine rings is 1. The summed E-state index contributed by atoms with van der Waals surface area (Å²) in [5, 5.41) is 12.3. The molecule has 1 aliphatic heterocycles. The summed E-state index contributed by atoms with van der Waals surface area (Å²) in [5.41, 5.74) is 5.88. The third kappa shape index (κ3) is 5.08. The number of benzene rings is 3. The fourth-order valence-corrected chi connectivity index (χ4v) is 5.40. The van der Waals surface area contributed by atoms with Crippen LogP contribution in [-0.2, 0) is 9.53 Å². The van der Waals surface area contributed by atoms with Gasteiger partial charge in [-0.25, -0.2) is 9.59 Å². The Morgan fingerprint density at radius 2 is 1.46 bits per heavy atom. The van der Waals surface area contributed by atoms with Crippen molar-refractivity contribution in [2.75, 3.05) is 26.2 Å². The Hall–Kier alpha value is -3.64. The molecule has 0 unspecified atom stereocenters. The molecule has 6 nitrogen and oxygen atoms in total. The van der Waals surface area contributed by atoms with Crippen LogP contribution >= 0.6 is 0 Å². The van der Waals surface area contributed by atoms with E-state index >= 15 is 0 Å². The maximum Gasteiger partial charge on any atom is 0.407 e. The van der Waals surface area contributed by atoms with Crippen LogP contribution in [0.1, 0.15) is 41.4 Å². The molecule has 1 fully saturated rings. The lowest BCUT2D eigenvalue weighted by atomic mass is 9.89. The van der Waals surface area contributed by atoms with Crippen molar-refractivity contribution in [2.45, 2.75) is 30.7 Å². The van der Waals surface area contributed by atoms with Gasteiger partial charge in [-0.1, -0.05) is 78.9 Å². The minimum atomic E-state index is -1.05. The first-order valence-electron chi connectivity index (χ1n) is 12.2. The molecular weight excluding hydrogens is 440 g/mol. The lowest BCUT2D eigenvalue weighted by Gasteiger charge is -2.33. The first kappa shape index (κ1) is 23.1. The number of likely N-dealkylation sites (tertiary alicyclic amines) is 1. The fraction of sp³-hybridized carbons (Fsp3) is 0.310. The number of carbonyl (C=O) groups excluding carboxylic acids is 1. The molecule has 6 heteroatoms. The normalized spacial score (nSPS) is 16.8. The van der Waals surface area contributed by atoms with Gasteiger partial charge < -0.3 is 20.1 Å². The van der Waals surface area contributed by atoms with E-state index in [1.807, 2.05) is 30.3 Å².